The molecule has 2 aliphatic heterocycles. The minimum Gasteiger partial charge on any atom is -0.376 e. The fourth-order valence-corrected chi connectivity index (χ4v) is 3.58. The van der Waals surface area contributed by atoms with Gasteiger partial charge in [-0.2, -0.15) is 0 Å². The summed E-state index contributed by atoms with van der Waals surface area (Å²) < 4.78 is 5.48. The molecule has 0 spiro atoms. The van der Waals surface area contributed by atoms with Gasteiger partial charge in [0.15, 0.2) is 0 Å². The van der Waals surface area contributed by atoms with Crippen molar-refractivity contribution in [3.8, 4) is 0 Å². The zero-order valence-corrected chi connectivity index (χ0v) is 13.4. The fraction of sp³-hybridized carbons (Fsp3) is 0.500. The number of fused-ring (bicyclic) bond motifs is 1. The number of hydrogen-bond acceptors (Lipinski definition) is 4. The Bertz CT molecular complexity index is 585. The predicted molar refractivity (Wildman–Crippen MR) is 86.1 cm³/mol. The second-order valence-corrected chi connectivity index (χ2v) is 7.08. The van der Waals surface area contributed by atoms with Crippen molar-refractivity contribution in [1.29, 1.82) is 0 Å². The standard InChI is InChI=1S/C16H20N2O3S/c1-10-16(20)18-13-7-11(4-5-14(13)22-10)8-15(19)17-9-12-3-2-6-21-12/h4-5,7,10,12H,2-3,6,8-9H2,1H3,(H,17,19)(H,18,20). The number of carbonyl (C=O) groups excluding carboxylic acids is 2. The number of thioether (sulfide) groups is 1. The van der Waals surface area contributed by atoms with E-state index in [1.807, 2.05) is 25.1 Å². The number of carbonyl (C=O) groups is 2. The molecule has 0 aromatic heterocycles. The number of anilines is 1. The van der Waals surface area contributed by atoms with Crippen LogP contribution in [0.15, 0.2) is 23.1 Å². The number of rotatable bonds is 4. The van der Waals surface area contributed by atoms with Gasteiger partial charge in [0.05, 0.1) is 23.5 Å². The number of nitrogens with one attached hydrogen (secondary N) is 2. The topological polar surface area (TPSA) is 67.4 Å². The number of ether oxygens (including phenoxy) is 1. The molecular weight excluding hydrogens is 300 g/mol. The molecule has 1 aromatic rings. The average Bonchev–Trinajstić information content (AvgIpc) is 3.00. The highest BCUT2D eigenvalue weighted by Gasteiger charge is 2.23. The van der Waals surface area contributed by atoms with Crippen LogP contribution < -0.4 is 10.6 Å². The van der Waals surface area contributed by atoms with E-state index < -0.39 is 0 Å². The highest BCUT2D eigenvalue weighted by atomic mass is 32.2. The van der Waals surface area contributed by atoms with Crippen molar-refractivity contribution in [1.82, 2.24) is 5.32 Å². The van der Waals surface area contributed by atoms with Crippen LogP contribution >= 0.6 is 11.8 Å². The summed E-state index contributed by atoms with van der Waals surface area (Å²) in [5.74, 6) is -0.00362. The van der Waals surface area contributed by atoms with Gasteiger partial charge in [-0.15, -0.1) is 11.8 Å². The molecule has 2 atom stereocenters. The summed E-state index contributed by atoms with van der Waals surface area (Å²) in [4.78, 5) is 24.8. The minimum absolute atomic E-state index is 0.0116. The summed E-state index contributed by atoms with van der Waals surface area (Å²) in [6.45, 7) is 3.25. The van der Waals surface area contributed by atoms with Gasteiger partial charge in [-0.25, -0.2) is 0 Å². The smallest absolute Gasteiger partial charge is 0.237 e. The molecule has 118 valence electrons. The van der Waals surface area contributed by atoms with Gasteiger partial charge in [0.25, 0.3) is 0 Å². The SMILES string of the molecule is CC1Sc2ccc(CC(=O)NCC3CCCO3)cc2NC1=O. The van der Waals surface area contributed by atoms with Crippen LogP contribution in [-0.4, -0.2) is 36.3 Å². The van der Waals surface area contributed by atoms with Gasteiger partial charge in [0.2, 0.25) is 11.8 Å². The molecule has 6 heteroatoms. The molecular formula is C16H20N2O3S. The Kier molecular flexibility index (Phi) is 4.69. The van der Waals surface area contributed by atoms with Gasteiger partial charge < -0.3 is 15.4 Å². The molecule has 22 heavy (non-hydrogen) atoms. The van der Waals surface area contributed by atoms with E-state index in [-0.39, 0.29) is 23.2 Å². The van der Waals surface area contributed by atoms with Crippen LogP contribution in [0.5, 0.6) is 0 Å². The zero-order valence-electron chi connectivity index (χ0n) is 12.6. The second-order valence-electron chi connectivity index (χ2n) is 5.70. The van der Waals surface area contributed by atoms with Crippen molar-refractivity contribution < 1.29 is 14.3 Å². The maximum atomic E-state index is 12.0. The molecule has 1 aromatic carbocycles. The Morgan fingerprint density at radius 3 is 3.14 bits per heavy atom. The molecule has 2 amide bonds. The molecule has 2 unspecified atom stereocenters. The van der Waals surface area contributed by atoms with Gasteiger partial charge in [-0.3, -0.25) is 9.59 Å². The average molecular weight is 320 g/mol. The Morgan fingerprint density at radius 1 is 1.50 bits per heavy atom. The molecule has 5 nitrogen and oxygen atoms in total. The first-order valence-electron chi connectivity index (χ1n) is 7.60. The van der Waals surface area contributed by atoms with Crippen molar-refractivity contribution >= 4 is 29.3 Å². The van der Waals surface area contributed by atoms with Gasteiger partial charge in [0, 0.05) is 18.0 Å². The van der Waals surface area contributed by atoms with E-state index in [9.17, 15) is 9.59 Å². The van der Waals surface area contributed by atoms with E-state index in [0.29, 0.717) is 13.0 Å². The summed E-state index contributed by atoms with van der Waals surface area (Å²) in [6.07, 6.45) is 2.56. The third-order valence-corrected chi connectivity index (χ3v) is 5.07. The van der Waals surface area contributed by atoms with Gasteiger partial charge in [-0.05, 0) is 37.5 Å². The summed E-state index contributed by atoms with van der Waals surface area (Å²) in [5, 5.41) is 5.73. The van der Waals surface area contributed by atoms with Gasteiger partial charge >= 0.3 is 0 Å². The van der Waals surface area contributed by atoms with Gasteiger partial charge in [0.1, 0.15) is 0 Å². The highest BCUT2D eigenvalue weighted by Crippen LogP contribution is 2.35. The molecule has 1 saturated heterocycles. The van der Waals surface area contributed by atoms with Gasteiger partial charge in [-0.1, -0.05) is 6.07 Å². The van der Waals surface area contributed by atoms with Crippen molar-refractivity contribution in [3.63, 3.8) is 0 Å². The lowest BCUT2D eigenvalue weighted by molar-refractivity contribution is -0.121. The number of benzene rings is 1. The van der Waals surface area contributed by atoms with Crippen LogP contribution in [0.4, 0.5) is 5.69 Å². The first kappa shape index (κ1) is 15.4. The lowest BCUT2D eigenvalue weighted by Crippen LogP contribution is -2.32. The van der Waals surface area contributed by atoms with E-state index >= 15 is 0 Å². The van der Waals surface area contributed by atoms with Crippen LogP contribution in [0.1, 0.15) is 25.3 Å². The molecule has 1 fully saturated rings. The molecule has 2 heterocycles. The van der Waals surface area contributed by atoms with Crippen LogP contribution in [0.25, 0.3) is 0 Å². The normalized spacial score (nSPS) is 23.8. The van der Waals surface area contributed by atoms with Crippen molar-refractivity contribution in [2.24, 2.45) is 0 Å². The minimum atomic E-state index is -0.0759. The third-order valence-electron chi connectivity index (χ3n) is 3.89. The van der Waals surface area contributed by atoms with E-state index in [1.165, 1.54) is 0 Å². The second kappa shape index (κ2) is 6.71. The Morgan fingerprint density at radius 2 is 2.36 bits per heavy atom. The number of hydrogen-bond donors (Lipinski definition) is 2. The van der Waals surface area contributed by atoms with Crippen molar-refractivity contribution in [2.75, 3.05) is 18.5 Å². The first-order chi connectivity index (χ1) is 10.6. The Balaban J connectivity index is 1.57. The molecule has 0 radical (unpaired) electrons. The Labute approximate surface area is 134 Å². The van der Waals surface area contributed by atoms with Crippen LogP contribution in [0.2, 0.25) is 0 Å². The molecule has 2 aliphatic rings. The summed E-state index contributed by atoms with van der Waals surface area (Å²) in [6, 6.07) is 5.80. The maximum Gasteiger partial charge on any atom is 0.237 e. The lowest BCUT2D eigenvalue weighted by Gasteiger charge is -2.21. The molecule has 0 aliphatic carbocycles. The lowest BCUT2D eigenvalue weighted by atomic mass is 10.1. The molecule has 0 bridgehead atoms. The summed E-state index contributed by atoms with van der Waals surface area (Å²) in [5.41, 5.74) is 1.71. The first-order valence-corrected chi connectivity index (χ1v) is 8.48. The van der Waals surface area contributed by atoms with Crippen LogP contribution in [0.3, 0.4) is 0 Å². The fourth-order valence-electron chi connectivity index (χ4n) is 2.65. The van der Waals surface area contributed by atoms with E-state index in [1.54, 1.807) is 11.8 Å². The summed E-state index contributed by atoms with van der Waals surface area (Å²) >= 11 is 1.55. The van der Waals surface area contributed by atoms with E-state index in [2.05, 4.69) is 10.6 Å². The van der Waals surface area contributed by atoms with E-state index in [4.69, 9.17) is 4.74 Å². The predicted octanol–water partition coefficient (Wildman–Crippen LogP) is 1.96. The maximum absolute atomic E-state index is 12.0. The largest absolute Gasteiger partial charge is 0.376 e. The third kappa shape index (κ3) is 3.62. The molecule has 3 rings (SSSR count). The van der Waals surface area contributed by atoms with Crippen LogP contribution in [-0.2, 0) is 20.7 Å². The Hall–Kier alpha value is -1.53. The molecule has 2 N–H and O–H groups in total. The highest BCUT2D eigenvalue weighted by molar-refractivity contribution is 8.00. The van der Waals surface area contributed by atoms with Crippen LogP contribution in [0, 0.1) is 0 Å². The monoisotopic (exact) mass is 320 g/mol. The number of amides is 2. The van der Waals surface area contributed by atoms with Crippen molar-refractivity contribution in [2.45, 2.75) is 42.4 Å². The zero-order chi connectivity index (χ0) is 15.5. The quantitative estimate of drug-likeness (QED) is 0.890. The summed E-state index contributed by atoms with van der Waals surface area (Å²) in [7, 11) is 0. The van der Waals surface area contributed by atoms with Crippen molar-refractivity contribution in [3.05, 3.63) is 23.8 Å². The molecule has 0 saturated carbocycles. The van der Waals surface area contributed by atoms with E-state index in [0.717, 1.165) is 35.6 Å².